The summed E-state index contributed by atoms with van der Waals surface area (Å²) in [5, 5.41) is 9.36. The first-order chi connectivity index (χ1) is 6.86. The van der Waals surface area contributed by atoms with Crippen LogP contribution >= 0.6 is 27.5 Å². The van der Waals surface area contributed by atoms with E-state index < -0.39 is 17.8 Å². The van der Waals surface area contributed by atoms with Gasteiger partial charge in [0.15, 0.2) is 0 Å². The van der Waals surface area contributed by atoms with Crippen molar-refractivity contribution in [1.29, 1.82) is 0 Å². The molecule has 0 aliphatic heterocycles. The van der Waals surface area contributed by atoms with Crippen LogP contribution in [-0.2, 0) is 6.18 Å². The molecule has 6 heteroatoms. The van der Waals surface area contributed by atoms with Crippen LogP contribution in [0.2, 0.25) is 0 Å². The minimum atomic E-state index is -4.38. The van der Waals surface area contributed by atoms with Gasteiger partial charge in [0.25, 0.3) is 0 Å². The van der Waals surface area contributed by atoms with Crippen LogP contribution in [0.3, 0.4) is 0 Å². The van der Waals surface area contributed by atoms with Crippen molar-refractivity contribution in [2.45, 2.75) is 12.3 Å². The summed E-state index contributed by atoms with van der Waals surface area (Å²) in [4.78, 5) is 0. The first-order valence-electron chi connectivity index (χ1n) is 3.97. The monoisotopic (exact) mass is 302 g/mol. The lowest BCUT2D eigenvalue weighted by molar-refractivity contribution is -0.137. The van der Waals surface area contributed by atoms with Gasteiger partial charge in [0, 0.05) is 4.47 Å². The molecule has 1 aromatic rings. The fraction of sp³-hybridized carbons (Fsp3) is 0.333. The molecule has 15 heavy (non-hydrogen) atoms. The van der Waals surface area contributed by atoms with Gasteiger partial charge in [-0.15, -0.1) is 11.6 Å². The van der Waals surface area contributed by atoms with Crippen LogP contribution in [0.5, 0.6) is 0 Å². The summed E-state index contributed by atoms with van der Waals surface area (Å²) in [5.74, 6) is -0.0655. The van der Waals surface area contributed by atoms with Crippen LogP contribution in [0.4, 0.5) is 13.2 Å². The Kier molecular flexibility index (Phi) is 4.03. The van der Waals surface area contributed by atoms with Gasteiger partial charge in [0.1, 0.15) is 0 Å². The van der Waals surface area contributed by atoms with E-state index in [0.29, 0.717) is 5.56 Å². The Hall–Kier alpha value is -0.260. The molecule has 0 aromatic heterocycles. The van der Waals surface area contributed by atoms with Crippen molar-refractivity contribution < 1.29 is 18.3 Å². The first-order valence-corrected chi connectivity index (χ1v) is 5.29. The van der Waals surface area contributed by atoms with E-state index >= 15 is 0 Å². The molecule has 0 unspecified atom stereocenters. The van der Waals surface area contributed by atoms with Gasteiger partial charge < -0.3 is 5.11 Å². The Morgan fingerprint density at radius 3 is 2.40 bits per heavy atom. The Morgan fingerprint density at radius 1 is 1.40 bits per heavy atom. The van der Waals surface area contributed by atoms with Crippen molar-refractivity contribution in [2.75, 3.05) is 5.88 Å². The lowest BCUT2D eigenvalue weighted by Gasteiger charge is -2.12. The smallest absolute Gasteiger partial charge is 0.387 e. The highest BCUT2D eigenvalue weighted by Crippen LogP contribution is 2.34. The standard InChI is InChI=1S/C9H7BrClF3O/c10-7-3-5(9(12,13)14)1-2-6(7)8(15)4-11/h1-3,8,15H,4H2/t8-/m1/s1. The Labute approximate surface area is 98.0 Å². The van der Waals surface area contributed by atoms with E-state index in [2.05, 4.69) is 15.9 Å². The van der Waals surface area contributed by atoms with Crippen LogP contribution < -0.4 is 0 Å². The lowest BCUT2D eigenvalue weighted by atomic mass is 10.1. The molecule has 0 saturated heterocycles. The average molecular weight is 304 g/mol. The molecule has 1 rings (SSSR count). The first kappa shape index (κ1) is 12.8. The van der Waals surface area contributed by atoms with Crippen LogP contribution in [0.25, 0.3) is 0 Å². The molecule has 1 nitrogen and oxygen atoms in total. The summed E-state index contributed by atoms with van der Waals surface area (Å²) in [7, 11) is 0. The lowest BCUT2D eigenvalue weighted by Crippen LogP contribution is -2.07. The van der Waals surface area contributed by atoms with Crippen LogP contribution in [0.15, 0.2) is 22.7 Å². The van der Waals surface area contributed by atoms with Crippen LogP contribution in [0.1, 0.15) is 17.2 Å². The molecular weight excluding hydrogens is 296 g/mol. The van der Waals surface area contributed by atoms with Crippen molar-refractivity contribution in [1.82, 2.24) is 0 Å². The molecule has 0 fully saturated rings. The maximum atomic E-state index is 12.3. The second-order valence-corrected chi connectivity index (χ2v) is 4.07. The summed E-state index contributed by atoms with van der Waals surface area (Å²) >= 11 is 8.36. The highest BCUT2D eigenvalue weighted by Gasteiger charge is 2.31. The van der Waals surface area contributed by atoms with Gasteiger partial charge in [-0.25, -0.2) is 0 Å². The fourth-order valence-corrected chi connectivity index (χ4v) is 1.87. The number of hydrogen-bond donors (Lipinski definition) is 1. The maximum Gasteiger partial charge on any atom is 0.416 e. The zero-order valence-electron chi connectivity index (χ0n) is 7.35. The largest absolute Gasteiger partial charge is 0.416 e. The summed E-state index contributed by atoms with van der Waals surface area (Å²) in [6, 6.07) is 3.04. The fourth-order valence-electron chi connectivity index (χ4n) is 1.06. The summed E-state index contributed by atoms with van der Waals surface area (Å²) < 4.78 is 37.0. The van der Waals surface area contributed by atoms with Crippen LogP contribution in [-0.4, -0.2) is 11.0 Å². The molecule has 0 radical (unpaired) electrons. The molecule has 0 aliphatic carbocycles. The number of halogens is 5. The SMILES string of the molecule is O[C@H](CCl)c1ccc(C(F)(F)F)cc1Br. The third-order valence-corrected chi connectivity index (χ3v) is 2.81. The van der Waals surface area contributed by atoms with Gasteiger partial charge in [-0.05, 0) is 17.7 Å². The molecule has 0 saturated carbocycles. The molecule has 0 amide bonds. The van der Waals surface area contributed by atoms with E-state index in [1.54, 1.807) is 0 Å². The maximum absolute atomic E-state index is 12.3. The van der Waals surface area contributed by atoms with Crippen molar-refractivity contribution in [3.63, 3.8) is 0 Å². The average Bonchev–Trinajstić information content (AvgIpc) is 2.15. The van der Waals surface area contributed by atoms with Gasteiger partial charge in [-0.3, -0.25) is 0 Å². The highest BCUT2D eigenvalue weighted by atomic mass is 79.9. The molecule has 0 bridgehead atoms. The molecular formula is C9H7BrClF3O. The van der Waals surface area contributed by atoms with Crippen LogP contribution in [0, 0.1) is 0 Å². The van der Waals surface area contributed by atoms with Crippen molar-refractivity contribution in [3.8, 4) is 0 Å². The van der Waals surface area contributed by atoms with Gasteiger partial charge in [-0.2, -0.15) is 13.2 Å². The third-order valence-electron chi connectivity index (χ3n) is 1.83. The number of aliphatic hydroxyl groups excluding tert-OH is 1. The number of rotatable bonds is 2. The Morgan fingerprint density at radius 2 is 2.00 bits per heavy atom. The van der Waals surface area contributed by atoms with E-state index in [-0.39, 0.29) is 10.4 Å². The highest BCUT2D eigenvalue weighted by molar-refractivity contribution is 9.10. The van der Waals surface area contributed by atoms with Gasteiger partial charge in [0.2, 0.25) is 0 Å². The molecule has 1 N–H and O–H groups in total. The number of hydrogen-bond acceptors (Lipinski definition) is 1. The predicted molar refractivity (Wildman–Crippen MR) is 54.8 cm³/mol. The van der Waals surface area contributed by atoms with Crippen molar-refractivity contribution in [2.24, 2.45) is 0 Å². The van der Waals surface area contributed by atoms with E-state index in [4.69, 9.17) is 11.6 Å². The number of benzene rings is 1. The summed E-state index contributed by atoms with van der Waals surface area (Å²) in [6.45, 7) is 0. The Bertz CT molecular complexity index is 354. The number of aliphatic hydroxyl groups is 1. The van der Waals surface area contributed by atoms with E-state index in [1.165, 1.54) is 6.07 Å². The second-order valence-electron chi connectivity index (χ2n) is 2.90. The zero-order valence-corrected chi connectivity index (χ0v) is 9.70. The summed E-state index contributed by atoms with van der Waals surface area (Å²) in [6.07, 6.45) is -5.35. The molecule has 0 spiro atoms. The normalized spacial score (nSPS) is 14.0. The van der Waals surface area contributed by atoms with Gasteiger partial charge in [-0.1, -0.05) is 22.0 Å². The minimum Gasteiger partial charge on any atom is -0.387 e. The number of alkyl halides is 4. The topological polar surface area (TPSA) is 20.2 Å². The van der Waals surface area contributed by atoms with Gasteiger partial charge in [0.05, 0.1) is 17.5 Å². The molecule has 0 heterocycles. The van der Waals surface area contributed by atoms with E-state index in [0.717, 1.165) is 12.1 Å². The van der Waals surface area contributed by atoms with Crippen molar-refractivity contribution in [3.05, 3.63) is 33.8 Å². The molecule has 1 atom stereocenters. The third kappa shape index (κ3) is 3.09. The molecule has 0 aliphatic rings. The van der Waals surface area contributed by atoms with E-state index in [9.17, 15) is 18.3 Å². The molecule has 1 aromatic carbocycles. The summed E-state index contributed by atoms with van der Waals surface area (Å²) in [5.41, 5.74) is -0.419. The predicted octanol–water partition coefficient (Wildman–Crippen LogP) is 3.74. The zero-order chi connectivity index (χ0) is 11.6. The second kappa shape index (κ2) is 4.72. The quantitative estimate of drug-likeness (QED) is 0.825. The Balaban J connectivity index is 3.09. The minimum absolute atomic E-state index is 0.0655. The van der Waals surface area contributed by atoms with Gasteiger partial charge >= 0.3 is 6.18 Å². The van der Waals surface area contributed by atoms with E-state index in [1.807, 2.05) is 0 Å². The molecule has 84 valence electrons. The van der Waals surface area contributed by atoms with Crippen molar-refractivity contribution >= 4 is 27.5 Å².